The fourth-order valence-electron chi connectivity index (χ4n) is 11.0. The monoisotopic (exact) mass is 1000 g/mol. The van der Waals surface area contributed by atoms with E-state index in [0.29, 0.717) is 0 Å². The van der Waals surface area contributed by atoms with E-state index >= 15 is 0 Å². The molecule has 2 unspecified atom stereocenters. The number of benzene rings is 8. The molecule has 3 aliphatic carbocycles. The van der Waals surface area contributed by atoms with Gasteiger partial charge in [-0.1, -0.05) is 246 Å². The van der Waals surface area contributed by atoms with Crippen molar-refractivity contribution in [2.45, 2.75) is 86.7 Å². The first kappa shape index (κ1) is 54.8. The summed E-state index contributed by atoms with van der Waals surface area (Å²) in [6.45, 7) is 23.2. The van der Waals surface area contributed by atoms with E-state index in [1.165, 1.54) is 111 Å². The number of fused-ring (bicyclic) bond motifs is 6. The average molecular weight is 1010 g/mol. The topological polar surface area (TPSA) is 8.17 Å². The molecule has 0 radical (unpaired) electrons. The summed E-state index contributed by atoms with van der Waals surface area (Å²) in [4.78, 5) is 2.57. The fraction of sp³-hybridized carbons (Fsp3) is 0.173. The maximum Gasteiger partial charge on any atom is 0.0790 e. The first-order valence-electron chi connectivity index (χ1n) is 27.8. The summed E-state index contributed by atoms with van der Waals surface area (Å²) in [6.07, 6.45) is 32.0. The molecule has 0 aliphatic heterocycles. The van der Waals surface area contributed by atoms with Crippen LogP contribution in [0.1, 0.15) is 105 Å². The Hall–Kier alpha value is -8.46. The summed E-state index contributed by atoms with van der Waals surface area (Å²) in [5.41, 5.74) is 16.4. The van der Waals surface area contributed by atoms with Crippen molar-refractivity contribution in [1.82, 2.24) is 4.57 Å². The van der Waals surface area contributed by atoms with Crippen LogP contribution in [0.15, 0.2) is 250 Å². The third-order valence-corrected chi connectivity index (χ3v) is 14.0. The Morgan fingerprint density at radius 3 is 2.01 bits per heavy atom. The summed E-state index contributed by atoms with van der Waals surface area (Å²) >= 11 is 0. The molecule has 2 heteroatoms. The molecule has 2 atom stereocenters. The number of aromatic nitrogens is 1. The summed E-state index contributed by atoms with van der Waals surface area (Å²) in [5, 5.41) is 8.84. The molecule has 77 heavy (non-hydrogen) atoms. The molecule has 0 saturated heterocycles. The molecule has 0 saturated carbocycles. The standard InChI is InChI=1S/C64H50N2.C3H8.2C3H6.C2H6/c1-43-36-39-58-59(40-43)64(57-33-16-15-32-56(57)62(58)54-34-19-22-45-20-5-3-8-28-51(45)54)63-52-29-12-9-21-46(52)41-61(53-30-13-14-31-55(53)63)66(48-24-6-4-7-25-48)49-26-11-10-23-47(37-38-49)65-42-44(2)50-27-17-18-35-60(50)65;3*1-3-2;1-2/h3-10,12-27,29-42,47,61H,11,28H2,1-2H3;3H2,1-2H3;2*3H,1H2,2H3;1-2H3/b23-10?,38-37-,49-26+;;;;. The molecule has 0 bridgehead atoms. The van der Waals surface area contributed by atoms with Crippen molar-refractivity contribution in [3.8, 4) is 11.1 Å². The molecular formula is C75H76N2. The van der Waals surface area contributed by atoms with Crippen LogP contribution in [-0.2, 0) is 6.42 Å². The lowest BCUT2D eigenvalue weighted by Crippen LogP contribution is -2.30. The van der Waals surface area contributed by atoms with Crippen molar-refractivity contribution in [1.29, 1.82) is 0 Å². The van der Waals surface area contributed by atoms with E-state index in [1.54, 1.807) is 12.2 Å². The van der Waals surface area contributed by atoms with Gasteiger partial charge in [-0.05, 0) is 153 Å². The van der Waals surface area contributed by atoms with Crippen molar-refractivity contribution in [2.75, 3.05) is 4.90 Å². The summed E-state index contributed by atoms with van der Waals surface area (Å²) in [7, 11) is 0. The molecule has 0 amide bonds. The third kappa shape index (κ3) is 11.5. The molecular weight excluding hydrogens is 929 g/mol. The van der Waals surface area contributed by atoms with Crippen LogP contribution in [0.2, 0.25) is 0 Å². The second-order valence-corrected chi connectivity index (χ2v) is 19.5. The molecule has 12 rings (SSSR count). The van der Waals surface area contributed by atoms with E-state index in [1.807, 2.05) is 27.7 Å². The first-order chi connectivity index (χ1) is 37.8. The van der Waals surface area contributed by atoms with Crippen molar-refractivity contribution in [2.24, 2.45) is 0 Å². The number of anilines is 1. The fourth-order valence-corrected chi connectivity index (χ4v) is 11.0. The van der Waals surface area contributed by atoms with Crippen LogP contribution in [0.3, 0.4) is 0 Å². The van der Waals surface area contributed by atoms with E-state index in [0.717, 1.165) is 18.5 Å². The molecule has 9 aromatic rings. The van der Waals surface area contributed by atoms with E-state index in [4.69, 9.17) is 0 Å². The Kier molecular flexibility index (Phi) is 18.7. The Labute approximate surface area is 459 Å². The van der Waals surface area contributed by atoms with Crippen molar-refractivity contribution < 1.29 is 0 Å². The van der Waals surface area contributed by atoms with Gasteiger partial charge in [0.1, 0.15) is 0 Å². The zero-order valence-electron chi connectivity index (χ0n) is 46.7. The van der Waals surface area contributed by atoms with Gasteiger partial charge in [-0.3, -0.25) is 0 Å². The molecule has 0 fully saturated rings. The highest BCUT2D eigenvalue weighted by atomic mass is 15.2. The molecule has 8 aromatic carbocycles. The SMILES string of the molecule is C=CC.C=CC.CC.CCC.Cc1ccc2c(-c3cccc4c3CC=CC=C4)c3ccccc3c(C3=c4ccccc4=CC(N(C4=C/CC=CC(n5cc(C)c6ccccc65)/C=C\4)c4ccccc4)c4ccccc43)c2c1. The number of nitrogens with zero attached hydrogens (tertiary/aromatic N) is 2. The van der Waals surface area contributed by atoms with Crippen molar-refractivity contribution >= 4 is 55.9 Å². The van der Waals surface area contributed by atoms with Gasteiger partial charge in [-0.25, -0.2) is 0 Å². The van der Waals surface area contributed by atoms with Gasteiger partial charge >= 0.3 is 0 Å². The van der Waals surface area contributed by atoms with Crippen LogP contribution >= 0.6 is 0 Å². The molecule has 0 N–H and O–H groups in total. The minimum atomic E-state index is -0.130. The lowest BCUT2D eigenvalue weighted by molar-refractivity contribution is 0.745. The van der Waals surface area contributed by atoms with Gasteiger partial charge in [0.2, 0.25) is 0 Å². The number of para-hydroxylation sites is 2. The normalized spacial score (nSPS) is 15.8. The quantitative estimate of drug-likeness (QED) is 0.119. The molecule has 0 spiro atoms. The second-order valence-electron chi connectivity index (χ2n) is 19.5. The number of hydrogen-bond acceptors (Lipinski definition) is 1. The molecule has 3 aliphatic rings. The highest BCUT2D eigenvalue weighted by molar-refractivity contribution is 6.20. The summed E-state index contributed by atoms with van der Waals surface area (Å²) in [6, 6.07) is 61.1. The smallest absolute Gasteiger partial charge is 0.0790 e. The minimum absolute atomic E-state index is 0.0720. The number of aryl methyl sites for hydroxylation is 2. The predicted molar refractivity (Wildman–Crippen MR) is 339 cm³/mol. The summed E-state index contributed by atoms with van der Waals surface area (Å²) in [5.74, 6) is 0. The Balaban J connectivity index is 0.000000662. The summed E-state index contributed by atoms with van der Waals surface area (Å²) < 4.78 is 2.42. The predicted octanol–water partition coefficient (Wildman–Crippen LogP) is 19.4. The van der Waals surface area contributed by atoms with Gasteiger partial charge in [0.25, 0.3) is 0 Å². The van der Waals surface area contributed by atoms with Crippen LogP contribution < -0.4 is 15.3 Å². The van der Waals surface area contributed by atoms with Gasteiger partial charge in [0.05, 0.1) is 12.1 Å². The molecule has 1 aromatic heterocycles. The number of allylic oxidation sites excluding steroid dienone is 10. The Bertz CT molecular complexity index is 3810. The molecule has 1 heterocycles. The van der Waals surface area contributed by atoms with Crippen molar-refractivity contribution in [3.63, 3.8) is 0 Å². The first-order valence-corrected chi connectivity index (χ1v) is 27.8. The van der Waals surface area contributed by atoms with Gasteiger partial charge in [-0.2, -0.15) is 0 Å². The van der Waals surface area contributed by atoms with E-state index in [9.17, 15) is 0 Å². The van der Waals surface area contributed by atoms with Gasteiger partial charge in [0, 0.05) is 28.5 Å². The van der Waals surface area contributed by atoms with Gasteiger partial charge < -0.3 is 9.47 Å². The zero-order valence-corrected chi connectivity index (χ0v) is 46.7. The Morgan fingerprint density at radius 2 is 1.25 bits per heavy atom. The van der Waals surface area contributed by atoms with Crippen LogP contribution in [-0.4, -0.2) is 4.57 Å². The largest absolute Gasteiger partial charge is 0.337 e. The molecule has 386 valence electrons. The van der Waals surface area contributed by atoms with Crippen LogP contribution in [0.25, 0.3) is 61.3 Å². The van der Waals surface area contributed by atoms with Crippen molar-refractivity contribution in [3.05, 3.63) is 299 Å². The lowest BCUT2D eigenvalue weighted by atomic mass is 9.80. The Morgan fingerprint density at radius 1 is 0.610 bits per heavy atom. The van der Waals surface area contributed by atoms with E-state index in [-0.39, 0.29) is 12.1 Å². The van der Waals surface area contributed by atoms with Crippen LogP contribution in [0.4, 0.5) is 5.69 Å². The highest BCUT2D eigenvalue weighted by Crippen LogP contribution is 2.47. The lowest BCUT2D eigenvalue weighted by Gasteiger charge is -2.35. The third-order valence-electron chi connectivity index (χ3n) is 14.0. The number of rotatable bonds is 6. The maximum atomic E-state index is 3.36. The van der Waals surface area contributed by atoms with Gasteiger partial charge in [-0.15, -0.1) is 13.2 Å². The minimum Gasteiger partial charge on any atom is -0.337 e. The average Bonchev–Trinajstić information content (AvgIpc) is 3.75. The van der Waals surface area contributed by atoms with E-state index < -0.39 is 0 Å². The van der Waals surface area contributed by atoms with Crippen LogP contribution in [0.5, 0.6) is 0 Å². The highest BCUT2D eigenvalue weighted by Gasteiger charge is 2.30. The molecule has 2 nitrogen and oxygen atoms in total. The van der Waals surface area contributed by atoms with Gasteiger partial charge in [0.15, 0.2) is 0 Å². The number of hydrogen-bond donors (Lipinski definition) is 0. The maximum absolute atomic E-state index is 3.36. The zero-order chi connectivity index (χ0) is 54.3. The van der Waals surface area contributed by atoms with E-state index in [2.05, 4.69) is 281 Å². The second kappa shape index (κ2) is 26.3. The van der Waals surface area contributed by atoms with Crippen LogP contribution in [0, 0.1) is 13.8 Å².